The molecule has 3 aromatic rings. The number of halogens is 1. The molecule has 25 heavy (non-hydrogen) atoms. The van der Waals surface area contributed by atoms with Crippen LogP contribution in [0.25, 0.3) is 16.7 Å². The summed E-state index contributed by atoms with van der Waals surface area (Å²) in [5.41, 5.74) is 13.2. The van der Waals surface area contributed by atoms with Gasteiger partial charge in [0.05, 0.1) is 17.3 Å². The molecule has 3 rings (SSSR count). The van der Waals surface area contributed by atoms with Crippen LogP contribution in [0.2, 0.25) is 0 Å². The van der Waals surface area contributed by atoms with Crippen LogP contribution in [0.4, 0.5) is 27.5 Å². The van der Waals surface area contributed by atoms with E-state index < -0.39 is 5.82 Å². The zero-order chi connectivity index (χ0) is 18.3. The summed E-state index contributed by atoms with van der Waals surface area (Å²) in [6.45, 7) is 3.64. The van der Waals surface area contributed by atoms with E-state index in [0.717, 1.165) is 16.9 Å². The number of nitrogen functional groups attached to an aromatic ring is 1. The third-order valence-corrected chi connectivity index (χ3v) is 3.69. The number of fused-ring (bicyclic) bond motifs is 1. The fourth-order valence-electron chi connectivity index (χ4n) is 2.50. The summed E-state index contributed by atoms with van der Waals surface area (Å²) in [4.78, 5) is 10.3. The highest BCUT2D eigenvalue weighted by Gasteiger charge is 2.15. The molecule has 0 fully saturated rings. The number of pyridine rings is 2. The van der Waals surface area contributed by atoms with E-state index in [1.807, 2.05) is 32.1 Å². The molecule has 3 aromatic heterocycles. The Hall–Kier alpha value is -3.36. The van der Waals surface area contributed by atoms with Crippen molar-refractivity contribution in [2.24, 2.45) is 12.8 Å². The SMILES string of the molecule is C=C(N)c1cc(F)c(N)nc1Nc1cnc2c(c1)c(N(C)C)nn2C. The first kappa shape index (κ1) is 16.5. The molecular weight excluding hydrogens is 323 g/mol. The van der Waals surface area contributed by atoms with Gasteiger partial charge >= 0.3 is 0 Å². The van der Waals surface area contributed by atoms with Gasteiger partial charge in [-0.15, -0.1) is 0 Å². The van der Waals surface area contributed by atoms with Crippen LogP contribution < -0.4 is 21.7 Å². The summed E-state index contributed by atoms with van der Waals surface area (Å²) in [6.07, 6.45) is 1.63. The zero-order valence-electron chi connectivity index (χ0n) is 14.2. The fraction of sp³-hybridized carbons (Fsp3) is 0.188. The van der Waals surface area contributed by atoms with Gasteiger partial charge in [-0.05, 0) is 12.1 Å². The highest BCUT2D eigenvalue weighted by molar-refractivity contribution is 5.91. The number of rotatable bonds is 4. The maximum absolute atomic E-state index is 13.7. The Balaban J connectivity index is 2.08. The zero-order valence-corrected chi connectivity index (χ0v) is 14.2. The number of nitrogens with zero attached hydrogens (tertiary/aromatic N) is 5. The first-order chi connectivity index (χ1) is 11.8. The molecule has 0 unspecified atom stereocenters. The summed E-state index contributed by atoms with van der Waals surface area (Å²) in [7, 11) is 5.63. The Kier molecular flexibility index (Phi) is 3.91. The smallest absolute Gasteiger partial charge is 0.166 e. The topological polar surface area (TPSA) is 111 Å². The van der Waals surface area contributed by atoms with Gasteiger partial charge in [0.1, 0.15) is 5.82 Å². The van der Waals surface area contributed by atoms with Crippen molar-refractivity contribution in [3.8, 4) is 0 Å². The molecule has 0 aliphatic rings. The maximum atomic E-state index is 13.7. The molecule has 0 atom stereocenters. The molecule has 8 nitrogen and oxygen atoms in total. The lowest BCUT2D eigenvalue weighted by molar-refractivity contribution is 0.627. The van der Waals surface area contributed by atoms with Gasteiger partial charge < -0.3 is 21.7 Å². The van der Waals surface area contributed by atoms with Crippen LogP contribution in [0.5, 0.6) is 0 Å². The maximum Gasteiger partial charge on any atom is 0.166 e. The highest BCUT2D eigenvalue weighted by Crippen LogP contribution is 2.29. The van der Waals surface area contributed by atoms with Crippen molar-refractivity contribution in [2.45, 2.75) is 0 Å². The molecule has 130 valence electrons. The van der Waals surface area contributed by atoms with Crippen molar-refractivity contribution < 1.29 is 4.39 Å². The predicted octanol–water partition coefficient (Wildman–Crippen LogP) is 1.82. The van der Waals surface area contributed by atoms with Gasteiger partial charge in [0.2, 0.25) is 0 Å². The molecule has 5 N–H and O–H groups in total. The van der Waals surface area contributed by atoms with Crippen LogP contribution in [0, 0.1) is 5.82 Å². The Morgan fingerprint density at radius 3 is 2.72 bits per heavy atom. The van der Waals surface area contributed by atoms with E-state index in [1.165, 1.54) is 6.07 Å². The van der Waals surface area contributed by atoms with Crippen molar-refractivity contribution in [3.05, 3.63) is 36.3 Å². The quantitative estimate of drug-likeness (QED) is 0.663. The normalized spacial score (nSPS) is 10.9. The lowest BCUT2D eigenvalue weighted by Crippen LogP contribution is -2.10. The largest absolute Gasteiger partial charge is 0.399 e. The van der Waals surface area contributed by atoms with Crippen LogP contribution in [-0.2, 0) is 7.05 Å². The van der Waals surface area contributed by atoms with E-state index in [1.54, 1.807) is 10.9 Å². The Labute approximate surface area is 144 Å². The standard InChI is InChI=1S/C16H19FN8/c1-8(18)10-6-12(17)13(19)22-14(10)21-9-5-11-15(20-7-9)25(4)23-16(11)24(2)3/h5-7H,1,18H2,2-4H3,(H3,19,21,22). The van der Waals surface area contributed by atoms with Crippen LogP contribution >= 0.6 is 0 Å². The minimum Gasteiger partial charge on any atom is -0.399 e. The molecule has 3 heterocycles. The van der Waals surface area contributed by atoms with E-state index in [-0.39, 0.29) is 11.5 Å². The molecule has 9 heteroatoms. The van der Waals surface area contributed by atoms with Crippen molar-refractivity contribution >= 4 is 39.9 Å². The summed E-state index contributed by atoms with van der Waals surface area (Å²) >= 11 is 0. The number of aromatic nitrogens is 4. The van der Waals surface area contributed by atoms with Crippen molar-refractivity contribution in [1.29, 1.82) is 0 Å². The number of nitrogens with one attached hydrogen (secondary N) is 1. The lowest BCUT2D eigenvalue weighted by atomic mass is 10.2. The number of nitrogens with two attached hydrogens (primary N) is 2. The van der Waals surface area contributed by atoms with Crippen LogP contribution in [-0.4, -0.2) is 33.8 Å². The molecule has 0 radical (unpaired) electrons. The molecule has 0 spiro atoms. The third-order valence-electron chi connectivity index (χ3n) is 3.69. The molecule has 0 saturated carbocycles. The van der Waals surface area contributed by atoms with E-state index in [2.05, 4.69) is 27.0 Å². The fourth-order valence-corrected chi connectivity index (χ4v) is 2.50. The number of aryl methyl sites for hydroxylation is 1. The molecule has 0 aliphatic carbocycles. The average molecular weight is 342 g/mol. The second-order valence-corrected chi connectivity index (χ2v) is 5.84. The third kappa shape index (κ3) is 2.91. The molecule has 0 amide bonds. The van der Waals surface area contributed by atoms with Gasteiger partial charge in [0.25, 0.3) is 0 Å². The number of hydrogen-bond acceptors (Lipinski definition) is 7. The Morgan fingerprint density at radius 1 is 1.36 bits per heavy atom. The molecule has 0 bridgehead atoms. The Morgan fingerprint density at radius 2 is 2.08 bits per heavy atom. The van der Waals surface area contributed by atoms with Gasteiger partial charge in [0.15, 0.2) is 23.1 Å². The van der Waals surface area contributed by atoms with Gasteiger partial charge in [-0.3, -0.25) is 0 Å². The molecule has 0 aromatic carbocycles. The van der Waals surface area contributed by atoms with Crippen molar-refractivity contribution in [2.75, 3.05) is 30.0 Å². The summed E-state index contributed by atoms with van der Waals surface area (Å²) in [5, 5.41) is 8.38. The highest BCUT2D eigenvalue weighted by atomic mass is 19.1. The van der Waals surface area contributed by atoms with E-state index in [0.29, 0.717) is 17.1 Å². The van der Waals surface area contributed by atoms with Gasteiger partial charge in [0, 0.05) is 32.4 Å². The predicted molar refractivity (Wildman–Crippen MR) is 97.9 cm³/mol. The summed E-state index contributed by atoms with van der Waals surface area (Å²) in [5.74, 6) is 0.214. The average Bonchev–Trinajstić information content (AvgIpc) is 2.87. The number of hydrogen-bond donors (Lipinski definition) is 3. The molecule has 0 saturated heterocycles. The van der Waals surface area contributed by atoms with E-state index in [9.17, 15) is 4.39 Å². The minimum absolute atomic E-state index is 0.179. The monoisotopic (exact) mass is 342 g/mol. The lowest BCUT2D eigenvalue weighted by Gasteiger charge is -2.13. The second-order valence-electron chi connectivity index (χ2n) is 5.84. The van der Waals surface area contributed by atoms with Gasteiger partial charge in [-0.1, -0.05) is 6.58 Å². The van der Waals surface area contributed by atoms with Gasteiger partial charge in [-0.2, -0.15) is 5.10 Å². The minimum atomic E-state index is -0.650. The first-order valence-electron chi connectivity index (χ1n) is 7.45. The van der Waals surface area contributed by atoms with Crippen LogP contribution in [0.1, 0.15) is 5.56 Å². The molecule has 0 aliphatic heterocycles. The van der Waals surface area contributed by atoms with Crippen molar-refractivity contribution in [1.82, 2.24) is 19.7 Å². The number of anilines is 4. The Bertz CT molecular complexity index is 976. The second kappa shape index (κ2) is 5.93. The summed E-state index contributed by atoms with van der Waals surface area (Å²) in [6, 6.07) is 3.09. The van der Waals surface area contributed by atoms with E-state index >= 15 is 0 Å². The molecular formula is C16H19FN8. The van der Waals surface area contributed by atoms with Gasteiger partial charge in [-0.25, -0.2) is 19.0 Å². The van der Waals surface area contributed by atoms with E-state index in [4.69, 9.17) is 11.5 Å². The van der Waals surface area contributed by atoms with Crippen LogP contribution in [0.3, 0.4) is 0 Å². The first-order valence-corrected chi connectivity index (χ1v) is 7.45. The van der Waals surface area contributed by atoms with Crippen LogP contribution in [0.15, 0.2) is 24.9 Å². The van der Waals surface area contributed by atoms with Crippen molar-refractivity contribution in [3.63, 3.8) is 0 Å². The summed E-state index contributed by atoms with van der Waals surface area (Å²) < 4.78 is 15.4.